The SMILES string of the molecule is C[C@@H](NC(=O)CN1C(=O)c2ccccc2C1=O)[C@H]1C[C@@H]2CC[C@@H]1C2. The van der Waals surface area contributed by atoms with Crippen molar-refractivity contribution < 1.29 is 14.4 Å². The third kappa shape index (κ3) is 2.43. The number of fused-ring (bicyclic) bond motifs is 3. The molecule has 5 nitrogen and oxygen atoms in total. The van der Waals surface area contributed by atoms with Gasteiger partial charge in [0.05, 0.1) is 11.1 Å². The van der Waals surface area contributed by atoms with Crippen LogP contribution in [0.3, 0.4) is 0 Å². The monoisotopic (exact) mass is 326 g/mol. The lowest BCUT2D eigenvalue weighted by Gasteiger charge is -2.29. The summed E-state index contributed by atoms with van der Waals surface area (Å²) < 4.78 is 0. The predicted molar refractivity (Wildman–Crippen MR) is 88.4 cm³/mol. The minimum atomic E-state index is -0.377. The fourth-order valence-corrected chi connectivity index (χ4v) is 4.84. The molecular weight excluding hydrogens is 304 g/mol. The highest BCUT2D eigenvalue weighted by Gasteiger charge is 2.42. The second kappa shape index (κ2) is 5.72. The summed E-state index contributed by atoms with van der Waals surface area (Å²) in [6.07, 6.45) is 5.09. The van der Waals surface area contributed by atoms with Crippen LogP contribution in [-0.2, 0) is 4.79 Å². The van der Waals surface area contributed by atoms with E-state index in [1.165, 1.54) is 25.7 Å². The highest BCUT2D eigenvalue weighted by atomic mass is 16.2. The zero-order chi connectivity index (χ0) is 16.8. The number of hydrogen-bond acceptors (Lipinski definition) is 3. The highest BCUT2D eigenvalue weighted by Crippen LogP contribution is 2.49. The molecule has 1 heterocycles. The minimum Gasteiger partial charge on any atom is -0.352 e. The summed E-state index contributed by atoms with van der Waals surface area (Å²) in [7, 11) is 0. The summed E-state index contributed by atoms with van der Waals surface area (Å²) in [5.74, 6) is 1.09. The van der Waals surface area contributed by atoms with Crippen LogP contribution < -0.4 is 5.32 Å². The first-order chi connectivity index (χ1) is 11.5. The smallest absolute Gasteiger partial charge is 0.262 e. The Labute approximate surface area is 141 Å². The van der Waals surface area contributed by atoms with Crippen molar-refractivity contribution in [3.8, 4) is 0 Å². The molecule has 1 aliphatic heterocycles. The van der Waals surface area contributed by atoms with Gasteiger partial charge in [0.1, 0.15) is 6.54 Å². The number of hydrogen-bond donors (Lipinski definition) is 1. The molecule has 1 aromatic rings. The van der Waals surface area contributed by atoms with Crippen molar-refractivity contribution in [2.75, 3.05) is 6.54 Å². The molecule has 0 saturated heterocycles. The van der Waals surface area contributed by atoms with Crippen LogP contribution in [0, 0.1) is 17.8 Å². The van der Waals surface area contributed by atoms with Crippen LogP contribution in [0.1, 0.15) is 53.3 Å². The van der Waals surface area contributed by atoms with Crippen LogP contribution in [0.4, 0.5) is 0 Å². The molecule has 0 spiro atoms. The number of rotatable bonds is 4. The van der Waals surface area contributed by atoms with E-state index in [0.717, 1.165) is 16.7 Å². The average Bonchev–Trinajstić information content (AvgIpc) is 3.26. The van der Waals surface area contributed by atoms with Crippen molar-refractivity contribution in [1.82, 2.24) is 10.2 Å². The van der Waals surface area contributed by atoms with E-state index in [4.69, 9.17) is 0 Å². The van der Waals surface area contributed by atoms with Crippen molar-refractivity contribution in [2.45, 2.75) is 38.6 Å². The first kappa shape index (κ1) is 15.4. The van der Waals surface area contributed by atoms with E-state index in [2.05, 4.69) is 5.32 Å². The molecule has 5 heteroatoms. The molecule has 2 bridgehead atoms. The van der Waals surface area contributed by atoms with E-state index < -0.39 is 0 Å². The van der Waals surface area contributed by atoms with Gasteiger partial charge in [-0.05, 0) is 56.1 Å². The molecule has 2 saturated carbocycles. The molecular formula is C19H22N2O3. The van der Waals surface area contributed by atoms with E-state index in [-0.39, 0.29) is 30.3 Å². The lowest BCUT2D eigenvalue weighted by Crippen LogP contribution is -2.46. The van der Waals surface area contributed by atoms with Gasteiger partial charge in [-0.1, -0.05) is 18.6 Å². The second-order valence-corrected chi connectivity index (χ2v) is 7.44. The van der Waals surface area contributed by atoms with Gasteiger partial charge >= 0.3 is 0 Å². The normalized spacial score (nSPS) is 29.0. The maximum atomic E-state index is 12.4. The summed E-state index contributed by atoms with van der Waals surface area (Å²) in [5, 5.41) is 3.02. The molecule has 3 amide bonds. The summed E-state index contributed by atoms with van der Waals surface area (Å²) >= 11 is 0. The Bertz CT molecular complexity index is 679. The van der Waals surface area contributed by atoms with Crippen LogP contribution in [-0.4, -0.2) is 35.2 Å². The van der Waals surface area contributed by atoms with Gasteiger partial charge in [-0.25, -0.2) is 0 Å². The molecule has 0 aromatic heterocycles. The summed E-state index contributed by atoms with van der Waals surface area (Å²) in [4.78, 5) is 38.0. The largest absolute Gasteiger partial charge is 0.352 e. The van der Waals surface area contributed by atoms with E-state index in [1.54, 1.807) is 24.3 Å². The zero-order valence-electron chi connectivity index (χ0n) is 13.8. The molecule has 0 unspecified atom stereocenters. The fourth-order valence-electron chi connectivity index (χ4n) is 4.84. The van der Waals surface area contributed by atoms with Crippen LogP contribution in [0.2, 0.25) is 0 Å². The number of imide groups is 1. The number of carbonyl (C=O) groups is 3. The van der Waals surface area contributed by atoms with Gasteiger partial charge in [-0.2, -0.15) is 0 Å². The predicted octanol–water partition coefficient (Wildman–Crippen LogP) is 2.22. The van der Waals surface area contributed by atoms with Crippen molar-refractivity contribution in [3.63, 3.8) is 0 Å². The van der Waals surface area contributed by atoms with Crippen LogP contribution >= 0.6 is 0 Å². The lowest BCUT2D eigenvalue weighted by atomic mass is 9.84. The maximum Gasteiger partial charge on any atom is 0.262 e. The molecule has 2 aliphatic carbocycles. The Hall–Kier alpha value is -2.17. The van der Waals surface area contributed by atoms with Crippen LogP contribution in [0.5, 0.6) is 0 Å². The highest BCUT2D eigenvalue weighted by molar-refractivity contribution is 6.22. The van der Waals surface area contributed by atoms with Crippen molar-refractivity contribution in [1.29, 1.82) is 0 Å². The quantitative estimate of drug-likeness (QED) is 0.863. The van der Waals surface area contributed by atoms with E-state index >= 15 is 0 Å². The lowest BCUT2D eigenvalue weighted by molar-refractivity contribution is -0.122. The average molecular weight is 326 g/mol. The summed E-state index contributed by atoms with van der Waals surface area (Å²) in [5.41, 5.74) is 0.771. The first-order valence-electron chi connectivity index (χ1n) is 8.79. The fraction of sp³-hybridized carbons (Fsp3) is 0.526. The Morgan fingerprint density at radius 3 is 2.38 bits per heavy atom. The maximum absolute atomic E-state index is 12.4. The Balaban J connectivity index is 1.38. The van der Waals surface area contributed by atoms with Gasteiger partial charge in [0.15, 0.2) is 0 Å². The molecule has 4 atom stereocenters. The van der Waals surface area contributed by atoms with Crippen molar-refractivity contribution in [3.05, 3.63) is 35.4 Å². The molecule has 3 aliphatic rings. The van der Waals surface area contributed by atoms with E-state index in [9.17, 15) is 14.4 Å². The number of benzene rings is 1. The molecule has 0 radical (unpaired) electrons. The summed E-state index contributed by atoms with van der Waals surface area (Å²) in [6.45, 7) is 1.85. The van der Waals surface area contributed by atoms with Crippen molar-refractivity contribution in [2.24, 2.45) is 17.8 Å². The zero-order valence-corrected chi connectivity index (χ0v) is 13.8. The van der Waals surface area contributed by atoms with Gasteiger partial charge in [0.25, 0.3) is 11.8 Å². The van der Waals surface area contributed by atoms with Gasteiger partial charge < -0.3 is 5.32 Å². The molecule has 4 rings (SSSR count). The third-order valence-electron chi connectivity index (χ3n) is 6.00. The molecule has 1 N–H and O–H groups in total. The second-order valence-electron chi connectivity index (χ2n) is 7.44. The van der Waals surface area contributed by atoms with Gasteiger partial charge in [-0.3, -0.25) is 19.3 Å². The number of nitrogens with one attached hydrogen (secondary N) is 1. The van der Waals surface area contributed by atoms with E-state index in [1.807, 2.05) is 6.92 Å². The summed E-state index contributed by atoms with van der Waals surface area (Å²) in [6, 6.07) is 6.81. The first-order valence-corrected chi connectivity index (χ1v) is 8.79. The third-order valence-corrected chi connectivity index (χ3v) is 6.00. The topological polar surface area (TPSA) is 66.5 Å². The van der Waals surface area contributed by atoms with Crippen LogP contribution in [0.15, 0.2) is 24.3 Å². The Morgan fingerprint density at radius 1 is 1.17 bits per heavy atom. The van der Waals surface area contributed by atoms with Crippen molar-refractivity contribution >= 4 is 17.7 Å². The van der Waals surface area contributed by atoms with Gasteiger partial charge in [0.2, 0.25) is 5.91 Å². The standard InChI is InChI=1S/C19H22N2O3/c1-11(16-9-12-6-7-13(16)8-12)20-17(22)10-21-18(23)14-4-2-3-5-15(14)19(21)24/h2-5,11-13,16H,6-10H2,1H3,(H,20,22)/t11-,12-,13-,16-/m1/s1. The minimum absolute atomic E-state index is 0.1000. The number of carbonyl (C=O) groups excluding carboxylic acids is 3. The van der Waals surface area contributed by atoms with Crippen LogP contribution in [0.25, 0.3) is 0 Å². The molecule has 1 aromatic carbocycles. The Morgan fingerprint density at radius 2 is 1.83 bits per heavy atom. The molecule has 24 heavy (non-hydrogen) atoms. The number of amides is 3. The Kier molecular flexibility index (Phi) is 3.66. The number of nitrogens with zero attached hydrogens (tertiary/aromatic N) is 1. The molecule has 2 fully saturated rings. The van der Waals surface area contributed by atoms with E-state index in [0.29, 0.717) is 17.0 Å². The van der Waals surface area contributed by atoms with Gasteiger partial charge in [0, 0.05) is 6.04 Å². The molecule has 126 valence electrons. The van der Waals surface area contributed by atoms with Gasteiger partial charge in [-0.15, -0.1) is 0 Å².